The lowest BCUT2D eigenvalue weighted by atomic mass is 10.1. The SMILES string of the molecule is C/C(=C/COCc1ccccc1)CCCN. The third-order valence-electron chi connectivity index (χ3n) is 2.44. The van der Waals surface area contributed by atoms with E-state index in [1.165, 1.54) is 11.1 Å². The standard InChI is InChI=1S/C14H21NO/c1-13(6-5-10-15)9-11-16-12-14-7-3-2-4-8-14/h2-4,7-9H,5-6,10-12,15H2,1H3/b13-9-. The van der Waals surface area contributed by atoms with E-state index in [9.17, 15) is 0 Å². The van der Waals surface area contributed by atoms with E-state index in [-0.39, 0.29) is 0 Å². The van der Waals surface area contributed by atoms with Gasteiger partial charge in [0.1, 0.15) is 0 Å². The van der Waals surface area contributed by atoms with Gasteiger partial charge in [-0.3, -0.25) is 0 Å². The van der Waals surface area contributed by atoms with E-state index in [0.29, 0.717) is 13.2 Å². The van der Waals surface area contributed by atoms with Crippen LogP contribution in [0.4, 0.5) is 0 Å². The summed E-state index contributed by atoms with van der Waals surface area (Å²) in [6.07, 6.45) is 4.27. The molecule has 0 atom stereocenters. The molecule has 0 fully saturated rings. The minimum Gasteiger partial charge on any atom is -0.373 e. The molecule has 1 rings (SSSR count). The second-order valence-electron chi connectivity index (χ2n) is 3.94. The molecule has 0 amide bonds. The van der Waals surface area contributed by atoms with Crippen molar-refractivity contribution in [2.24, 2.45) is 5.73 Å². The van der Waals surface area contributed by atoms with Gasteiger partial charge in [-0.2, -0.15) is 0 Å². The van der Waals surface area contributed by atoms with Crippen molar-refractivity contribution in [3.63, 3.8) is 0 Å². The number of allylic oxidation sites excluding steroid dienone is 1. The van der Waals surface area contributed by atoms with Crippen LogP contribution in [0.25, 0.3) is 0 Å². The molecule has 0 aromatic heterocycles. The van der Waals surface area contributed by atoms with E-state index >= 15 is 0 Å². The predicted molar refractivity (Wildman–Crippen MR) is 68.1 cm³/mol. The molecule has 0 aliphatic rings. The Labute approximate surface area is 98.1 Å². The molecule has 0 saturated heterocycles. The van der Waals surface area contributed by atoms with E-state index in [4.69, 9.17) is 10.5 Å². The Balaban J connectivity index is 2.16. The van der Waals surface area contributed by atoms with Crippen LogP contribution in [0.3, 0.4) is 0 Å². The van der Waals surface area contributed by atoms with Crippen molar-refractivity contribution in [1.82, 2.24) is 0 Å². The number of hydrogen-bond acceptors (Lipinski definition) is 2. The first-order chi connectivity index (χ1) is 7.83. The molecular weight excluding hydrogens is 198 g/mol. The molecule has 2 heteroatoms. The summed E-state index contributed by atoms with van der Waals surface area (Å²) in [5.74, 6) is 0. The second-order valence-corrected chi connectivity index (χ2v) is 3.94. The highest BCUT2D eigenvalue weighted by atomic mass is 16.5. The maximum atomic E-state index is 5.56. The number of rotatable bonds is 7. The van der Waals surface area contributed by atoms with Gasteiger partial charge in [0.2, 0.25) is 0 Å². The van der Waals surface area contributed by atoms with Crippen molar-refractivity contribution in [3.8, 4) is 0 Å². The van der Waals surface area contributed by atoms with Gasteiger partial charge in [-0.1, -0.05) is 42.0 Å². The molecule has 0 aliphatic carbocycles. The summed E-state index contributed by atoms with van der Waals surface area (Å²) in [5.41, 5.74) is 8.03. The summed E-state index contributed by atoms with van der Waals surface area (Å²) in [5, 5.41) is 0. The summed E-state index contributed by atoms with van der Waals surface area (Å²) in [6.45, 7) is 4.25. The van der Waals surface area contributed by atoms with Gasteiger partial charge >= 0.3 is 0 Å². The molecule has 0 unspecified atom stereocenters. The molecule has 0 spiro atoms. The van der Waals surface area contributed by atoms with Gasteiger partial charge in [0.15, 0.2) is 0 Å². The van der Waals surface area contributed by atoms with Gasteiger partial charge in [0.05, 0.1) is 13.2 Å². The minimum absolute atomic E-state index is 0.682. The molecule has 0 bridgehead atoms. The third-order valence-corrected chi connectivity index (χ3v) is 2.44. The highest BCUT2D eigenvalue weighted by molar-refractivity contribution is 5.13. The third kappa shape index (κ3) is 5.69. The average Bonchev–Trinajstić information content (AvgIpc) is 2.33. The van der Waals surface area contributed by atoms with Crippen LogP contribution in [0.15, 0.2) is 42.0 Å². The zero-order valence-corrected chi connectivity index (χ0v) is 9.99. The largest absolute Gasteiger partial charge is 0.373 e. The summed E-state index contributed by atoms with van der Waals surface area (Å²) >= 11 is 0. The van der Waals surface area contributed by atoms with E-state index in [2.05, 4.69) is 25.1 Å². The Morgan fingerprint density at radius 1 is 1.31 bits per heavy atom. The first kappa shape index (κ1) is 12.9. The highest BCUT2D eigenvalue weighted by Gasteiger charge is 1.91. The monoisotopic (exact) mass is 219 g/mol. The van der Waals surface area contributed by atoms with Gasteiger partial charge in [-0.25, -0.2) is 0 Å². The van der Waals surface area contributed by atoms with Crippen LogP contribution >= 0.6 is 0 Å². The molecular formula is C14H21NO. The van der Waals surface area contributed by atoms with Crippen LogP contribution in [0.2, 0.25) is 0 Å². The van der Waals surface area contributed by atoms with Crippen molar-refractivity contribution < 1.29 is 4.74 Å². The Hall–Kier alpha value is -1.12. The lowest BCUT2D eigenvalue weighted by Crippen LogP contribution is -1.98. The highest BCUT2D eigenvalue weighted by Crippen LogP contribution is 2.04. The van der Waals surface area contributed by atoms with E-state index in [1.807, 2.05) is 18.2 Å². The molecule has 2 N–H and O–H groups in total. The van der Waals surface area contributed by atoms with Crippen LogP contribution in [0.1, 0.15) is 25.3 Å². The normalized spacial score (nSPS) is 11.8. The smallest absolute Gasteiger partial charge is 0.0721 e. The zero-order valence-electron chi connectivity index (χ0n) is 9.99. The fraction of sp³-hybridized carbons (Fsp3) is 0.429. The first-order valence-corrected chi connectivity index (χ1v) is 5.80. The topological polar surface area (TPSA) is 35.2 Å². The van der Waals surface area contributed by atoms with Crippen LogP contribution in [0, 0.1) is 0 Å². The van der Waals surface area contributed by atoms with Crippen LogP contribution in [-0.2, 0) is 11.3 Å². The molecule has 0 aliphatic heterocycles. The average molecular weight is 219 g/mol. The number of benzene rings is 1. The Bertz CT molecular complexity index is 306. The van der Waals surface area contributed by atoms with E-state index in [0.717, 1.165) is 19.4 Å². The predicted octanol–water partition coefficient (Wildman–Crippen LogP) is 2.89. The number of hydrogen-bond donors (Lipinski definition) is 1. The quantitative estimate of drug-likeness (QED) is 0.565. The maximum absolute atomic E-state index is 5.56. The van der Waals surface area contributed by atoms with Gasteiger partial charge in [0.25, 0.3) is 0 Å². The molecule has 0 saturated carbocycles. The Morgan fingerprint density at radius 2 is 2.06 bits per heavy atom. The summed E-state index contributed by atoms with van der Waals surface area (Å²) in [6, 6.07) is 10.2. The zero-order chi connectivity index (χ0) is 11.6. The molecule has 0 heterocycles. The fourth-order valence-corrected chi connectivity index (χ4v) is 1.44. The number of ether oxygens (including phenoxy) is 1. The van der Waals surface area contributed by atoms with Crippen molar-refractivity contribution >= 4 is 0 Å². The minimum atomic E-state index is 0.682. The van der Waals surface area contributed by atoms with Crippen LogP contribution in [-0.4, -0.2) is 13.2 Å². The summed E-state index contributed by atoms with van der Waals surface area (Å²) in [4.78, 5) is 0. The maximum Gasteiger partial charge on any atom is 0.0721 e. The lowest BCUT2D eigenvalue weighted by molar-refractivity contribution is 0.148. The van der Waals surface area contributed by atoms with E-state index in [1.54, 1.807) is 0 Å². The van der Waals surface area contributed by atoms with Crippen molar-refractivity contribution in [2.45, 2.75) is 26.4 Å². The van der Waals surface area contributed by atoms with Crippen LogP contribution in [0.5, 0.6) is 0 Å². The fourth-order valence-electron chi connectivity index (χ4n) is 1.44. The summed E-state index contributed by atoms with van der Waals surface area (Å²) in [7, 11) is 0. The first-order valence-electron chi connectivity index (χ1n) is 5.80. The van der Waals surface area contributed by atoms with Crippen molar-refractivity contribution in [3.05, 3.63) is 47.5 Å². The van der Waals surface area contributed by atoms with E-state index < -0.39 is 0 Å². The lowest BCUT2D eigenvalue weighted by Gasteiger charge is -2.03. The Morgan fingerprint density at radius 3 is 2.75 bits per heavy atom. The second kappa shape index (κ2) is 8.08. The van der Waals surface area contributed by atoms with Crippen molar-refractivity contribution in [1.29, 1.82) is 0 Å². The molecule has 16 heavy (non-hydrogen) atoms. The van der Waals surface area contributed by atoms with Gasteiger partial charge < -0.3 is 10.5 Å². The van der Waals surface area contributed by atoms with Gasteiger partial charge in [-0.05, 0) is 31.9 Å². The summed E-state index contributed by atoms with van der Waals surface area (Å²) < 4.78 is 5.56. The Kier molecular flexibility index (Phi) is 6.54. The van der Waals surface area contributed by atoms with Gasteiger partial charge in [-0.15, -0.1) is 0 Å². The number of nitrogens with two attached hydrogens (primary N) is 1. The van der Waals surface area contributed by atoms with Crippen molar-refractivity contribution in [2.75, 3.05) is 13.2 Å². The molecule has 0 radical (unpaired) electrons. The molecule has 88 valence electrons. The van der Waals surface area contributed by atoms with Gasteiger partial charge in [0, 0.05) is 0 Å². The molecule has 1 aromatic rings. The molecule has 1 aromatic carbocycles. The molecule has 2 nitrogen and oxygen atoms in total. The van der Waals surface area contributed by atoms with Crippen LogP contribution < -0.4 is 5.73 Å².